The fourth-order valence-corrected chi connectivity index (χ4v) is 3.86. The smallest absolute Gasteiger partial charge is 0.290 e. The zero-order valence-electron chi connectivity index (χ0n) is 14.7. The molecule has 0 radical (unpaired) electrons. The Morgan fingerprint density at radius 3 is 2.77 bits per heavy atom. The Morgan fingerprint density at radius 1 is 1.12 bits per heavy atom. The number of piperidine rings is 1. The molecule has 1 unspecified atom stereocenters. The fraction of sp³-hybridized carbons (Fsp3) is 0.450. The summed E-state index contributed by atoms with van der Waals surface area (Å²) in [6, 6.07) is 9.21. The Labute approximate surface area is 152 Å². The molecule has 1 aromatic heterocycles. The first-order valence-corrected chi connectivity index (χ1v) is 9.35. The number of aromatic nitrogens is 1. The number of likely N-dealkylation sites (tertiary alicyclic amines) is 1. The van der Waals surface area contributed by atoms with Gasteiger partial charge in [0.05, 0.1) is 5.69 Å². The maximum atomic E-state index is 12.6. The molecule has 2 aromatic rings. The molecule has 2 amide bonds. The van der Waals surface area contributed by atoms with Gasteiger partial charge in [0.25, 0.3) is 11.8 Å². The predicted molar refractivity (Wildman–Crippen MR) is 96.0 cm³/mol. The summed E-state index contributed by atoms with van der Waals surface area (Å²) in [4.78, 5) is 27.1. The summed E-state index contributed by atoms with van der Waals surface area (Å²) >= 11 is 0. The van der Waals surface area contributed by atoms with Gasteiger partial charge in [-0.15, -0.1) is 0 Å². The van der Waals surface area contributed by atoms with Crippen molar-refractivity contribution in [3.05, 3.63) is 52.9 Å². The van der Waals surface area contributed by atoms with E-state index in [0.29, 0.717) is 17.9 Å². The second-order valence-corrected chi connectivity index (χ2v) is 7.07. The van der Waals surface area contributed by atoms with Gasteiger partial charge in [-0.1, -0.05) is 23.4 Å². The van der Waals surface area contributed by atoms with E-state index in [-0.39, 0.29) is 17.9 Å². The fourth-order valence-electron chi connectivity index (χ4n) is 3.86. The van der Waals surface area contributed by atoms with Crippen molar-refractivity contribution in [2.75, 3.05) is 13.1 Å². The summed E-state index contributed by atoms with van der Waals surface area (Å²) in [6.07, 6.45) is 5.63. The Kier molecular flexibility index (Phi) is 4.73. The van der Waals surface area contributed by atoms with E-state index in [0.717, 1.165) is 56.3 Å². The highest BCUT2D eigenvalue weighted by Gasteiger charge is 2.29. The summed E-state index contributed by atoms with van der Waals surface area (Å²) in [7, 11) is 0. The number of benzene rings is 1. The summed E-state index contributed by atoms with van der Waals surface area (Å²) in [5.41, 5.74) is 2.57. The lowest BCUT2D eigenvalue weighted by Gasteiger charge is -2.33. The number of aryl methyl sites for hydroxylation is 1. The summed E-state index contributed by atoms with van der Waals surface area (Å²) in [5.74, 6) is 0.160. The van der Waals surface area contributed by atoms with Gasteiger partial charge >= 0.3 is 0 Å². The second kappa shape index (κ2) is 7.32. The molecule has 1 aliphatic carbocycles. The summed E-state index contributed by atoms with van der Waals surface area (Å²) in [6.45, 7) is 1.24. The van der Waals surface area contributed by atoms with Crippen molar-refractivity contribution in [1.82, 2.24) is 15.4 Å². The third kappa shape index (κ3) is 3.36. The number of amides is 2. The molecule has 136 valence electrons. The molecule has 0 bridgehead atoms. The topological polar surface area (TPSA) is 75.4 Å². The molecule has 6 heteroatoms. The van der Waals surface area contributed by atoms with Crippen LogP contribution >= 0.6 is 0 Å². The molecule has 0 saturated carbocycles. The van der Waals surface area contributed by atoms with Crippen molar-refractivity contribution in [3.8, 4) is 0 Å². The summed E-state index contributed by atoms with van der Waals surface area (Å²) in [5, 5.41) is 7.09. The van der Waals surface area contributed by atoms with Gasteiger partial charge in [-0.25, -0.2) is 0 Å². The molecule has 26 heavy (non-hydrogen) atoms. The zero-order chi connectivity index (χ0) is 17.9. The maximum Gasteiger partial charge on any atom is 0.290 e. The van der Waals surface area contributed by atoms with Crippen LogP contribution in [0.15, 0.2) is 34.9 Å². The lowest BCUT2D eigenvalue weighted by Crippen LogP contribution is -2.49. The van der Waals surface area contributed by atoms with Crippen molar-refractivity contribution >= 4 is 11.8 Å². The van der Waals surface area contributed by atoms with Gasteiger partial charge in [0.1, 0.15) is 0 Å². The van der Waals surface area contributed by atoms with Crippen molar-refractivity contribution in [2.24, 2.45) is 0 Å². The van der Waals surface area contributed by atoms with E-state index in [9.17, 15) is 9.59 Å². The zero-order valence-corrected chi connectivity index (χ0v) is 14.7. The van der Waals surface area contributed by atoms with Crippen LogP contribution in [-0.4, -0.2) is 41.0 Å². The Balaban J connectivity index is 1.41. The molecule has 6 nitrogen and oxygen atoms in total. The normalized spacial score (nSPS) is 19.7. The number of carbonyl (C=O) groups excluding carboxylic acids is 2. The van der Waals surface area contributed by atoms with E-state index in [1.807, 2.05) is 35.2 Å². The number of nitrogens with one attached hydrogen (secondary N) is 1. The van der Waals surface area contributed by atoms with Gasteiger partial charge in [-0.3, -0.25) is 9.59 Å². The molecule has 1 atom stereocenters. The molecule has 1 saturated heterocycles. The molecular weight excluding hydrogens is 330 g/mol. The standard InChI is InChI=1S/C20H23N3O3/c24-19(18-16-10-4-5-11-17(16)22-26-18)21-15-9-6-12-23(13-15)20(25)14-7-2-1-3-8-14/h1-3,7-8,15H,4-6,9-13H2,(H,21,24). The first-order chi connectivity index (χ1) is 12.7. The highest BCUT2D eigenvalue weighted by Crippen LogP contribution is 2.24. The van der Waals surface area contributed by atoms with E-state index in [4.69, 9.17) is 4.52 Å². The monoisotopic (exact) mass is 353 g/mol. The van der Waals surface area contributed by atoms with Crippen LogP contribution < -0.4 is 5.32 Å². The molecular formula is C20H23N3O3. The second-order valence-electron chi connectivity index (χ2n) is 7.07. The van der Waals surface area contributed by atoms with Crippen molar-refractivity contribution < 1.29 is 14.1 Å². The lowest BCUT2D eigenvalue weighted by atomic mass is 9.95. The minimum Gasteiger partial charge on any atom is -0.350 e. The molecule has 1 fully saturated rings. The van der Waals surface area contributed by atoms with Gasteiger partial charge < -0.3 is 14.7 Å². The quantitative estimate of drug-likeness (QED) is 0.920. The minimum absolute atomic E-state index is 0.0154. The summed E-state index contributed by atoms with van der Waals surface area (Å²) < 4.78 is 5.32. The van der Waals surface area contributed by atoms with E-state index in [1.54, 1.807) is 0 Å². The first-order valence-electron chi connectivity index (χ1n) is 9.35. The minimum atomic E-state index is -0.209. The average molecular weight is 353 g/mol. The number of hydrogen-bond donors (Lipinski definition) is 1. The van der Waals surface area contributed by atoms with Gasteiger partial charge in [0.15, 0.2) is 0 Å². The molecule has 2 heterocycles. The molecule has 4 rings (SSSR count). The average Bonchev–Trinajstić information content (AvgIpc) is 3.12. The van der Waals surface area contributed by atoms with E-state index in [1.165, 1.54) is 0 Å². The maximum absolute atomic E-state index is 12.6. The third-order valence-corrected chi connectivity index (χ3v) is 5.23. The van der Waals surface area contributed by atoms with E-state index in [2.05, 4.69) is 10.5 Å². The van der Waals surface area contributed by atoms with Crippen LogP contribution in [0.1, 0.15) is 57.9 Å². The number of carbonyl (C=O) groups is 2. The van der Waals surface area contributed by atoms with Gasteiger partial charge in [0, 0.05) is 30.3 Å². The SMILES string of the molecule is O=C(NC1CCCN(C(=O)c2ccccc2)C1)c1onc2c1CCCC2. The Bertz CT molecular complexity index is 800. The van der Waals surface area contributed by atoms with Gasteiger partial charge in [0.2, 0.25) is 5.76 Å². The number of rotatable bonds is 3. The Morgan fingerprint density at radius 2 is 1.92 bits per heavy atom. The van der Waals surface area contributed by atoms with Crippen LogP contribution in [0.3, 0.4) is 0 Å². The Hall–Kier alpha value is -2.63. The number of hydrogen-bond acceptors (Lipinski definition) is 4. The van der Waals surface area contributed by atoms with Gasteiger partial charge in [-0.05, 0) is 50.7 Å². The first kappa shape index (κ1) is 16.8. The molecule has 2 aliphatic rings. The molecule has 0 spiro atoms. The predicted octanol–water partition coefficient (Wildman–Crippen LogP) is 2.59. The van der Waals surface area contributed by atoms with Crippen molar-refractivity contribution in [3.63, 3.8) is 0 Å². The van der Waals surface area contributed by atoms with Crippen LogP contribution in [0.2, 0.25) is 0 Å². The highest BCUT2D eigenvalue weighted by atomic mass is 16.5. The molecule has 1 aliphatic heterocycles. The third-order valence-electron chi connectivity index (χ3n) is 5.23. The van der Waals surface area contributed by atoms with Crippen molar-refractivity contribution in [1.29, 1.82) is 0 Å². The largest absolute Gasteiger partial charge is 0.350 e. The van der Waals surface area contributed by atoms with Crippen LogP contribution in [0.5, 0.6) is 0 Å². The number of nitrogens with zero attached hydrogens (tertiary/aromatic N) is 2. The van der Waals surface area contributed by atoms with Crippen LogP contribution in [0.4, 0.5) is 0 Å². The van der Waals surface area contributed by atoms with Crippen LogP contribution in [0, 0.1) is 0 Å². The van der Waals surface area contributed by atoms with Crippen LogP contribution in [-0.2, 0) is 12.8 Å². The van der Waals surface area contributed by atoms with Crippen LogP contribution in [0.25, 0.3) is 0 Å². The molecule has 1 N–H and O–H groups in total. The van der Waals surface area contributed by atoms with E-state index < -0.39 is 0 Å². The van der Waals surface area contributed by atoms with E-state index >= 15 is 0 Å². The number of fused-ring (bicyclic) bond motifs is 1. The molecule has 1 aromatic carbocycles. The van der Waals surface area contributed by atoms with Crippen molar-refractivity contribution in [2.45, 2.75) is 44.6 Å². The lowest BCUT2D eigenvalue weighted by molar-refractivity contribution is 0.0671. The highest BCUT2D eigenvalue weighted by molar-refractivity contribution is 5.95. The van der Waals surface area contributed by atoms with Gasteiger partial charge in [-0.2, -0.15) is 0 Å².